The molecule has 0 fully saturated rings. The molecule has 0 spiro atoms. The molecule has 98 valence electrons. The molecular formula is C15H21BrN2. The van der Waals surface area contributed by atoms with Gasteiger partial charge in [0.1, 0.15) is 0 Å². The Morgan fingerprint density at radius 3 is 2.83 bits per heavy atom. The van der Waals surface area contributed by atoms with Crippen LogP contribution < -0.4 is 11.3 Å². The summed E-state index contributed by atoms with van der Waals surface area (Å²) in [5, 5.41) is 0. The monoisotopic (exact) mass is 308 g/mol. The van der Waals surface area contributed by atoms with Crippen LogP contribution in [0.5, 0.6) is 0 Å². The topological polar surface area (TPSA) is 38.0 Å². The molecule has 1 aliphatic rings. The SMILES string of the molecule is Cc1cc(C(NN)C2=CCCCCC2)ccc1Br. The molecule has 2 nitrogen and oxygen atoms in total. The van der Waals surface area contributed by atoms with Crippen molar-refractivity contribution in [1.29, 1.82) is 0 Å². The van der Waals surface area contributed by atoms with E-state index in [0.717, 1.165) is 10.9 Å². The van der Waals surface area contributed by atoms with Crippen molar-refractivity contribution in [3.8, 4) is 0 Å². The second-order valence-electron chi connectivity index (χ2n) is 4.99. The van der Waals surface area contributed by atoms with Crippen LogP contribution in [0.15, 0.2) is 34.3 Å². The first-order valence-electron chi connectivity index (χ1n) is 6.63. The van der Waals surface area contributed by atoms with Crippen molar-refractivity contribution in [3.05, 3.63) is 45.4 Å². The molecule has 1 atom stereocenters. The van der Waals surface area contributed by atoms with Gasteiger partial charge in [-0.3, -0.25) is 5.84 Å². The number of nitrogens with one attached hydrogen (secondary N) is 1. The molecule has 0 radical (unpaired) electrons. The number of halogens is 1. The minimum absolute atomic E-state index is 0.162. The number of allylic oxidation sites excluding steroid dienone is 1. The van der Waals surface area contributed by atoms with Gasteiger partial charge in [0.2, 0.25) is 0 Å². The summed E-state index contributed by atoms with van der Waals surface area (Å²) >= 11 is 3.54. The van der Waals surface area contributed by atoms with Crippen LogP contribution in [0, 0.1) is 6.92 Å². The maximum Gasteiger partial charge on any atom is 0.0670 e. The quantitative estimate of drug-likeness (QED) is 0.500. The number of nitrogens with two attached hydrogens (primary N) is 1. The number of aryl methyl sites for hydroxylation is 1. The molecule has 1 unspecified atom stereocenters. The van der Waals surface area contributed by atoms with Crippen LogP contribution in [-0.4, -0.2) is 0 Å². The predicted molar refractivity (Wildman–Crippen MR) is 80.1 cm³/mol. The van der Waals surface area contributed by atoms with Crippen molar-refractivity contribution in [2.24, 2.45) is 5.84 Å². The van der Waals surface area contributed by atoms with Gasteiger partial charge in [-0.2, -0.15) is 0 Å². The van der Waals surface area contributed by atoms with Crippen molar-refractivity contribution < 1.29 is 0 Å². The van der Waals surface area contributed by atoms with Crippen molar-refractivity contribution in [1.82, 2.24) is 5.43 Å². The van der Waals surface area contributed by atoms with Crippen LogP contribution in [-0.2, 0) is 0 Å². The van der Waals surface area contributed by atoms with Gasteiger partial charge in [-0.05, 0) is 49.8 Å². The van der Waals surface area contributed by atoms with Crippen LogP contribution >= 0.6 is 15.9 Å². The van der Waals surface area contributed by atoms with Gasteiger partial charge in [0.15, 0.2) is 0 Å². The second kappa shape index (κ2) is 6.50. The summed E-state index contributed by atoms with van der Waals surface area (Å²) in [7, 11) is 0. The lowest BCUT2D eigenvalue weighted by Crippen LogP contribution is -2.29. The summed E-state index contributed by atoms with van der Waals surface area (Å²) in [5.41, 5.74) is 6.93. The normalized spacial score (nSPS) is 18.1. The van der Waals surface area contributed by atoms with E-state index in [-0.39, 0.29) is 6.04 Å². The largest absolute Gasteiger partial charge is 0.271 e. The fourth-order valence-electron chi connectivity index (χ4n) is 2.57. The van der Waals surface area contributed by atoms with E-state index in [0.29, 0.717) is 0 Å². The first-order chi connectivity index (χ1) is 8.72. The molecule has 0 aromatic heterocycles. The Hall–Kier alpha value is -0.640. The summed E-state index contributed by atoms with van der Waals surface area (Å²) in [6, 6.07) is 6.62. The predicted octanol–water partition coefficient (Wildman–Crippen LogP) is 4.15. The lowest BCUT2D eigenvalue weighted by Gasteiger charge is -2.20. The van der Waals surface area contributed by atoms with E-state index in [1.807, 2.05) is 0 Å². The molecule has 1 aromatic carbocycles. The van der Waals surface area contributed by atoms with Crippen LogP contribution in [0.2, 0.25) is 0 Å². The molecule has 18 heavy (non-hydrogen) atoms. The number of hydrogen-bond donors (Lipinski definition) is 2. The van der Waals surface area contributed by atoms with E-state index in [4.69, 9.17) is 5.84 Å². The molecule has 0 bridgehead atoms. The van der Waals surface area contributed by atoms with Crippen LogP contribution in [0.25, 0.3) is 0 Å². The molecule has 3 heteroatoms. The van der Waals surface area contributed by atoms with Gasteiger partial charge in [0.05, 0.1) is 6.04 Å². The van der Waals surface area contributed by atoms with Crippen molar-refractivity contribution in [3.63, 3.8) is 0 Å². The van der Waals surface area contributed by atoms with Gasteiger partial charge in [-0.15, -0.1) is 0 Å². The molecule has 1 aromatic rings. The highest BCUT2D eigenvalue weighted by Gasteiger charge is 2.16. The van der Waals surface area contributed by atoms with Crippen molar-refractivity contribution in [2.75, 3.05) is 0 Å². The molecule has 0 amide bonds. The average Bonchev–Trinajstić information content (AvgIpc) is 2.64. The summed E-state index contributed by atoms with van der Waals surface area (Å²) < 4.78 is 1.15. The van der Waals surface area contributed by atoms with Gasteiger partial charge in [0.25, 0.3) is 0 Å². The smallest absolute Gasteiger partial charge is 0.0670 e. The summed E-state index contributed by atoms with van der Waals surface area (Å²) in [4.78, 5) is 0. The molecular weight excluding hydrogens is 288 g/mol. The van der Waals surface area contributed by atoms with E-state index in [1.165, 1.54) is 42.4 Å². The maximum atomic E-state index is 5.77. The molecule has 0 saturated carbocycles. The summed E-state index contributed by atoms with van der Waals surface area (Å²) in [5.74, 6) is 5.77. The first kappa shape index (κ1) is 13.8. The summed E-state index contributed by atoms with van der Waals surface area (Å²) in [6.07, 6.45) is 8.62. The van der Waals surface area contributed by atoms with Crippen LogP contribution in [0.4, 0.5) is 0 Å². The Bertz CT molecular complexity index is 440. The Labute approximate surface area is 118 Å². The zero-order chi connectivity index (χ0) is 13.0. The zero-order valence-electron chi connectivity index (χ0n) is 10.9. The van der Waals surface area contributed by atoms with E-state index in [9.17, 15) is 0 Å². The fourth-order valence-corrected chi connectivity index (χ4v) is 2.81. The highest BCUT2D eigenvalue weighted by molar-refractivity contribution is 9.10. The maximum absolute atomic E-state index is 5.77. The number of hydrazine groups is 1. The van der Waals surface area contributed by atoms with Gasteiger partial charge in [-0.1, -0.05) is 46.1 Å². The average molecular weight is 309 g/mol. The number of hydrogen-bond acceptors (Lipinski definition) is 2. The minimum atomic E-state index is 0.162. The Balaban J connectivity index is 2.26. The molecule has 2 rings (SSSR count). The van der Waals surface area contributed by atoms with E-state index < -0.39 is 0 Å². The molecule has 0 saturated heterocycles. The minimum Gasteiger partial charge on any atom is -0.271 e. The third kappa shape index (κ3) is 3.22. The molecule has 0 heterocycles. The third-order valence-corrected chi connectivity index (χ3v) is 4.52. The lowest BCUT2D eigenvalue weighted by molar-refractivity contribution is 0.592. The van der Waals surface area contributed by atoms with Crippen molar-refractivity contribution >= 4 is 15.9 Å². The molecule has 3 N–H and O–H groups in total. The van der Waals surface area contributed by atoms with E-state index >= 15 is 0 Å². The standard InChI is InChI=1S/C15H21BrN2/c1-11-10-13(8-9-14(11)16)15(18-17)12-6-4-2-3-5-7-12/h6,8-10,15,18H,2-5,7,17H2,1H3. The van der Waals surface area contributed by atoms with Gasteiger partial charge >= 0.3 is 0 Å². The van der Waals surface area contributed by atoms with Crippen LogP contribution in [0.3, 0.4) is 0 Å². The Morgan fingerprint density at radius 1 is 1.28 bits per heavy atom. The first-order valence-corrected chi connectivity index (χ1v) is 7.43. The summed E-state index contributed by atoms with van der Waals surface area (Å²) in [6.45, 7) is 2.11. The Morgan fingerprint density at radius 2 is 2.11 bits per heavy atom. The van der Waals surface area contributed by atoms with Gasteiger partial charge < -0.3 is 0 Å². The second-order valence-corrected chi connectivity index (χ2v) is 5.84. The number of rotatable bonds is 3. The zero-order valence-corrected chi connectivity index (χ0v) is 12.5. The van der Waals surface area contributed by atoms with Gasteiger partial charge in [0, 0.05) is 4.47 Å². The Kier molecular flexibility index (Phi) is 4.98. The van der Waals surface area contributed by atoms with E-state index in [1.54, 1.807) is 0 Å². The number of benzene rings is 1. The van der Waals surface area contributed by atoms with Crippen molar-refractivity contribution in [2.45, 2.75) is 45.1 Å². The fraction of sp³-hybridized carbons (Fsp3) is 0.467. The van der Waals surface area contributed by atoms with E-state index in [2.05, 4.69) is 52.6 Å². The molecule has 0 aliphatic heterocycles. The third-order valence-electron chi connectivity index (χ3n) is 3.63. The lowest BCUT2D eigenvalue weighted by atomic mass is 9.95. The van der Waals surface area contributed by atoms with Crippen LogP contribution in [0.1, 0.15) is 49.3 Å². The molecule has 1 aliphatic carbocycles. The van der Waals surface area contributed by atoms with Gasteiger partial charge in [-0.25, -0.2) is 5.43 Å². The highest BCUT2D eigenvalue weighted by Crippen LogP contribution is 2.30. The highest BCUT2D eigenvalue weighted by atomic mass is 79.9.